The molecule has 4 heterocycles. The Morgan fingerprint density at radius 1 is 1.23 bits per heavy atom. The second-order valence-electron chi connectivity index (χ2n) is 13.8. The molecule has 2 fully saturated rings. The minimum absolute atomic E-state index is 0.147. The van der Waals surface area contributed by atoms with Crippen LogP contribution in [0.15, 0.2) is 17.3 Å². The molecular weight excluding hydrogens is 622 g/mol. The third-order valence-electron chi connectivity index (χ3n) is 8.99. The fourth-order valence-corrected chi connectivity index (χ4v) is 7.78. The number of hydrogen-bond acceptors (Lipinski definition) is 12. The molecule has 14 heteroatoms. The van der Waals surface area contributed by atoms with Crippen LogP contribution in [0.2, 0.25) is 0 Å². The van der Waals surface area contributed by atoms with E-state index in [1.807, 2.05) is 27.7 Å². The van der Waals surface area contributed by atoms with E-state index in [0.29, 0.717) is 47.8 Å². The van der Waals surface area contributed by atoms with Crippen molar-refractivity contribution in [3.63, 3.8) is 0 Å². The lowest BCUT2D eigenvalue weighted by Crippen LogP contribution is -2.38. The molecule has 0 unspecified atom stereocenters. The van der Waals surface area contributed by atoms with Gasteiger partial charge in [0.1, 0.15) is 40.3 Å². The average Bonchev–Trinajstić information content (AvgIpc) is 3.73. The van der Waals surface area contributed by atoms with Crippen LogP contribution < -0.4 is 20.9 Å². The molecular formula is C33H45N7O6S. The summed E-state index contributed by atoms with van der Waals surface area (Å²) in [7, 11) is 2.07. The van der Waals surface area contributed by atoms with Gasteiger partial charge in [-0.15, -0.1) is 11.3 Å². The Morgan fingerprint density at radius 2 is 2.00 bits per heavy atom. The van der Waals surface area contributed by atoms with Gasteiger partial charge in [0, 0.05) is 41.6 Å². The molecule has 2 aliphatic heterocycles. The Labute approximate surface area is 279 Å². The molecule has 0 saturated carbocycles. The minimum atomic E-state index is -1.10. The first kappa shape index (κ1) is 34.3. The fraction of sp³-hybridized carbons (Fsp3) is 0.606. The van der Waals surface area contributed by atoms with E-state index in [0.717, 1.165) is 37.1 Å². The minimum Gasteiger partial charge on any atom is -0.488 e. The fourth-order valence-electron chi connectivity index (χ4n) is 6.59. The van der Waals surface area contributed by atoms with Crippen molar-refractivity contribution >= 4 is 34.2 Å². The molecule has 2 aromatic rings. The number of oxime groups is 1. The highest BCUT2D eigenvalue weighted by atomic mass is 32.1. The van der Waals surface area contributed by atoms with E-state index >= 15 is 0 Å². The Kier molecular flexibility index (Phi) is 9.88. The number of amidine groups is 1. The Morgan fingerprint density at radius 3 is 2.68 bits per heavy atom. The van der Waals surface area contributed by atoms with Crippen LogP contribution in [0, 0.1) is 11.3 Å². The predicted molar refractivity (Wildman–Crippen MR) is 177 cm³/mol. The number of nitrogens with zero attached hydrogens (tertiary/aromatic N) is 5. The van der Waals surface area contributed by atoms with Crippen molar-refractivity contribution in [1.82, 2.24) is 14.8 Å². The molecule has 1 amide bonds. The molecule has 1 aliphatic carbocycles. The number of nitrogen functional groups attached to an aromatic ring is 1. The van der Waals surface area contributed by atoms with E-state index in [4.69, 9.17) is 30.5 Å². The van der Waals surface area contributed by atoms with Gasteiger partial charge in [-0.3, -0.25) is 4.90 Å². The van der Waals surface area contributed by atoms with Crippen molar-refractivity contribution in [1.29, 1.82) is 5.26 Å². The van der Waals surface area contributed by atoms with Crippen LogP contribution in [0.4, 0.5) is 9.80 Å². The smallest absolute Gasteiger partial charge is 0.410 e. The summed E-state index contributed by atoms with van der Waals surface area (Å²) < 4.78 is 18.1. The summed E-state index contributed by atoms with van der Waals surface area (Å²) in [4.78, 5) is 40.9. The predicted octanol–water partition coefficient (Wildman–Crippen LogP) is 4.30. The summed E-state index contributed by atoms with van der Waals surface area (Å²) in [6.07, 6.45) is 3.81. The average molecular weight is 668 g/mol. The highest BCUT2D eigenvalue weighted by molar-refractivity contribution is 7.16. The molecule has 5 rings (SSSR count). The van der Waals surface area contributed by atoms with Crippen LogP contribution >= 0.6 is 11.3 Å². The molecule has 13 nitrogen and oxygen atoms in total. The second-order valence-corrected chi connectivity index (χ2v) is 14.9. The molecule has 3 aliphatic rings. The third-order valence-corrected chi connectivity index (χ3v) is 10.1. The number of pyridine rings is 1. The Balaban J connectivity index is 1.36. The summed E-state index contributed by atoms with van der Waals surface area (Å²) in [6, 6.07) is 5.67. The van der Waals surface area contributed by atoms with E-state index < -0.39 is 17.0 Å². The maximum Gasteiger partial charge on any atom is 0.410 e. The van der Waals surface area contributed by atoms with Gasteiger partial charge in [-0.05, 0) is 80.3 Å². The first-order valence-corrected chi connectivity index (χ1v) is 16.9. The molecule has 47 heavy (non-hydrogen) atoms. The van der Waals surface area contributed by atoms with Crippen LogP contribution in [0.3, 0.4) is 0 Å². The summed E-state index contributed by atoms with van der Waals surface area (Å²) in [5.41, 5.74) is 11.9. The maximum atomic E-state index is 13.5. The van der Waals surface area contributed by atoms with Crippen molar-refractivity contribution in [2.45, 2.75) is 102 Å². The number of amides is 1. The van der Waals surface area contributed by atoms with Gasteiger partial charge in [0.15, 0.2) is 5.84 Å². The quantitative estimate of drug-likeness (QED) is 0.177. The van der Waals surface area contributed by atoms with E-state index in [2.05, 4.69) is 28.2 Å². The van der Waals surface area contributed by atoms with Crippen molar-refractivity contribution in [3.05, 3.63) is 33.8 Å². The zero-order chi connectivity index (χ0) is 34.1. The topological polar surface area (TPSA) is 179 Å². The number of aryl methyl sites for hydroxylation is 1. The van der Waals surface area contributed by atoms with E-state index in [1.165, 1.54) is 11.3 Å². The van der Waals surface area contributed by atoms with Crippen molar-refractivity contribution in [3.8, 4) is 17.7 Å². The molecule has 2 aromatic heterocycles. The van der Waals surface area contributed by atoms with E-state index in [1.54, 1.807) is 24.0 Å². The molecule has 4 atom stereocenters. The van der Waals surface area contributed by atoms with Crippen LogP contribution in [-0.2, 0) is 26.2 Å². The lowest BCUT2D eigenvalue weighted by Gasteiger charge is -2.30. The number of carbonyl (C=O) groups is 2. The van der Waals surface area contributed by atoms with E-state index in [-0.39, 0.29) is 41.8 Å². The second kappa shape index (κ2) is 13.6. The summed E-state index contributed by atoms with van der Waals surface area (Å²) >= 11 is 1.33. The standard InChI is InChI=1S/C33H45N7O6S/c1-19(24-9-8-13-39(24)6)43-26-16-21(44-20-11-14-40(18-20)31(42)45-32(2,3)4)15-23(37-26)28(35)38-46-30(41)33(5)12-7-10-25-27(33)22(17-34)29(36)47-25/h15-16,19-20,24H,7-14,18,36H2,1-6H3,(H2,35,38)/t19-,20-,24-,33-/m0/s1. The number of hydrogen-bond donors (Lipinski definition) is 2. The molecule has 4 N–H and O–H groups in total. The summed E-state index contributed by atoms with van der Waals surface area (Å²) in [5.74, 6) is -0.0708. The first-order valence-electron chi connectivity index (χ1n) is 16.1. The highest BCUT2D eigenvalue weighted by Gasteiger charge is 2.45. The highest BCUT2D eigenvalue weighted by Crippen LogP contribution is 2.46. The lowest BCUT2D eigenvalue weighted by molar-refractivity contribution is -0.150. The number of anilines is 1. The van der Waals surface area contributed by atoms with Gasteiger partial charge in [0.2, 0.25) is 5.88 Å². The number of nitriles is 1. The van der Waals surface area contributed by atoms with Gasteiger partial charge in [-0.2, -0.15) is 5.26 Å². The molecule has 254 valence electrons. The van der Waals surface area contributed by atoms with Gasteiger partial charge in [-0.1, -0.05) is 5.16 Å². The number of aromatic nitrogens is 1. The molecule has 0 spiro atoms. The number of likely N-dealkylation sites (N-methyl/N-ethyl adjacent to an activating group) is 1. The van der Waals surface area contributed by atoms with Gasteiger partial charge in [0.25, 0.3) is 0 Å². The lowest BCUT2D eigenvalue weighted by atomic mass is 9.72. The molecule has 0 aromatic carbocycles. The molecule has 0 bridgehead atoms. The number of likely N-dealkylation sites (tertiary alicyclic amines) is 2. The zero-order valence-electron chi connectivity index (χ0n) is 28.0. The Hall–Kier alpha value is -4.09. The number of ether oxygens (including phenoxy) is 3. The van der Waals surface area contributed by atoms with Crippen LogP contribution in [-0.4, -0.2) is 83.2 Å². The van der Waals surface area contributed by atoms with E-state index in [9.17, 15) is 14.9 Å². The van der Waals surface area contributed by atoms with Gasteiger partial charge in [0.05, 0.1) is 17.5 Å². The normalized spacial score (nSPS) is 23.9. The van der Waals surface area contributed by atoms with Crippen LogP contribution in [0.5, 0.6) is 11.6 Å². The largest absolute Gasteiger partial charge is 0.488 e. The van der Waals surface area contributed by atoms with Crippen molar-refractivity contribution in [2.75, 3.05) is 32.4 Å². The first-order chi connectivity index (χ1) is 22.2. The van der Waals surface area contributed by atoms with Crippen LogP contribution in [0.25, 0.3) is 0 Å². The number of rotatable bonds is 8. The molecule has 0 radical (unpaired) electrons. The van der Waals surface area contributed by atoms with Crippen molar-refractivity contribution in [2.24, 2.45) is 10.9 Å². The van der Waals surface area contributed by atoms with Gasteiger partial charge in [-0.25, -0.2) is 14.6 Å². The van der Waals surface area contributed by atoms with Crippen molar-refractivity contribution < 1.29 is 28.6 Å². The maximum absolute atomic E-state index is 13.5. The SMILES string of the molecule is C[C@H](Oc1cc(O[C@H]2CCN(C(=O)OC(C)(C)C)C2)cc(/C(N)=N/OC(=O)[C@@]2(C)CCCc3sc(N)c(C#N)c32)n1)[C@@H]1CCCN1C. The number of nitrogens with two attached hydrogens (primary N) is 2. The number of carbonyl (C=O) groups excluding carboxylic acids is 2. The van der Waals surface area contributed by atoms with Gasteiger partial charge < -0.3 is 35.4 Å². The summed E-state index contributed by atoms with van der Waals surface area (Å²) in [5, 5.41) is 14.1. The van der Waals surface area contributed by atoms with Gasteiger partial charge >= 0.3 is 12.1 Å². The number of fused-ring (bicyclic) bond motifs is 1. The third kappa shape index (κ3) is 7.57. The number of thiophene rings is 1. The monoisotopic (exact) mass is 667 g/mol. The molecule has 2 saturated heterocycles. The zero-order valence-corrected chi connectivity index (χ0v) is 28.8. The van der Waals surface area contributed by atoms with Crippen LogP contribution in [0.1, 0.15) is 88.4 Å². The summed E-state index contributed by atoms with van der Waals surface area (Å²) in [6.45, 7) is 11.1. The Bertz CT molecular complexity index is 1580.